The molecule has 3 heterocycles. The fraction of sp³-hybridized carbons (Fsp3) is 0.294. The van der Waals surface area contributed by atoms with Gasteiger partial charge >= 0.3 is 0 Å². The first kappa shape index (κ1) is 21.8. The zero-order valence-electron chi connectivity index (χ0n) is 17.0. The number of ether oxygens (including phenoxy) is 1. The third-order valence-corrected chi connectivity index (χ3v) is 4.72. The van der Waals surface area contributed by atoms with Crippen LogP contribution in [0.15, 0.2) is 27.9 Å². The van der Waals surface area contributed by atoms with Crippen molar-refractivity contribution in [2.24, 2.45) is 5.10 Å². The number of benzene rings is 1. The Balaban J connectivity index is 1.59. The van der Waals surface area contributed by atoms with Gasteiger partial charge in [0.1, 0.15) is 11.4 Å². The smallest absolute Gasteiger partial charge is 0.292 e. The molecule has 0 unspecified atom stereocenters. The summed E-state index contributed by atoms with van der Waals surface area (Å²) in [5.74, 6) is -1.09. The van der Waals surface area contributed by atoms with Crippen molar-refractivity contribution in [3.8, 4) is 11.6 Å². The molecular weight excluding hydrogens is 440 g/mol. The number of nitrogens with two attached hydrogens (primary N) is 1. The number of morpholine rings is 1. The molecule has 1 fully saturated rings. The van der Waals surface area contributed by atoms with E-state index in [4.69, 9.17) is 10.5 Å². The highest BCUT2D eigenvalue weighted by molar-refractivity contribution is 5.95. The number of amides is 1. The number of nitrogen functional groups attached to an aromatic ring is 1. The van der Waals surface area contributed by atoms with Crippen LogP contribution in [-0.2, 0) is 11.3 Å². The summed E-state index contributed by atoms with van der Waals surface area (Å²) in [4.78, 5) is 25.3. The molecule has 16 heteroatoms. The van der Waals surface area contributed by atoms with Crippen LogP contribution in [0.3, 0.4) is 0 Å². The van der Waals surface area contributed by atoms with Gasteiger partial charge in [0.25, 0.3) is 11.6 Å². The van der Waals surface area contributed by atoms with Crippen molar-refractivity contribution in [2.45, 2.75) is 6.54 Å². The van der Waals surface area contributed by atoms with Crippen LogP contribution >= 0.6 is 0 Å². The van der Waals surface area contributed by atoms with Gasteiger partial charge < -0.3 is 15.6 Å². The van der Waals surface area contributed by atoms with Crippen molar-refractivity contribution in [1.29, 1.82) is 0 Å². The molecule has 1 aliphatic heterocycles. The van der Waals surface area contributed by atoms with Crippen LogP contribution in [0.25, 0.3) is 5.82 Å². The third-order valence-electron chi connectivity index (χ3n) is 4.72. The quantitative estimate of drug-likeness (QED) is 0.231. The number of hydrogen-bond donors (Lipinski definition) is 3. The summed E-state index contributed by atoms with van der Waals surface area (Å²) in [6.07, 6.45) is 1.07. The second-order valence-electron chi connectivity index (χ2n) is 6.86. The minimum absolute atomic E-state index is 0.00990. The number of nitro benzene ring substituents is 1. The van der Waals surface area contributed by atoms with Crippen LogP contribution in [0, 0.1) is 10.1 Å². The fourth-order valence-corrected chi connectivity index (χ4v) is 3.08. The SMILES string of the molecule is Nc1nonc1-n1nnc(CN2CCOCC2)c1C(=O)NN=Cc1cc([N+](=O)[O-])ccc1O. The molecule has 3 aromatic rings. The van der Waals surface area contributed by atoms with Crippen LogP contribution in [0.5, 0.6) is 5.75 Å². The minimum atomic E-state index is -0.716. The molecule has 0 spiro atoms. The summed E-state index contributed by atoms with van der Waals surface area (Å²) in [7, 11) is 0. The van der Waals surface area contributed by atoms with Gasteiger partial charge in [-0.3, -0.25) is 19.8 Å². The largest absolute Gasteiger partial charge is 0.507 e. The number of aromatic nitrogens is 5. The Kier molecular flexibility index (Phi) is 6.18. The van der Waals surface area contributed by atoms with Gasteiger partial charge in [-0.25, -0.2) is 10.1 Å². The van der Waals surface area contributed by atoms with Crippen LogP contribution in [0.4, 0.5) is 11.5 Å². The van der Waals surface area contributed by atoms with Gasteiger partial charge in [0.2, 0.25) is 11.6 Å². The van der Waals surface area contributed by atoms with Gasteiger partial charge in [-0.15, -0.1) is 5.10 Å². The molecule has 0 radical (unpaired) electrons. The molecule has 16 nitrogen and oxygen atoms in total. The van der Waals surface area contributed by atoms with E-state index in [0.29, 0.717) is 38.5 Å². The number of phenols is 1. The van der Waals surface area contributed by atoms with E-state index in [1.54, 1.807) is 0 Å². The Bertz CT molecular complexity index is 1200. The standard InChI is InChI=1S/C17H18N10O6/c18-15-16(23-33-22-15)26-14(12(20-24-26)9-25-3-5-32-6-4-25)17(29)21-19-8-10-7-11(27(30)31)1-2-13(10)28/h1-2,7-8,28H,3-6,9H2,(H2,18,22)(H,21,29). The van der Waals surface area contributed by atoms with Crippen molar-refractivity contribution in [2.75, 3.05) is 32.0 Å². The molecular formula is C17H18N10O6. The number of anilines is 1. The maximum atomic E-state index is 13.0. The lowest BCUT2D eigenvalue weighted by atomic mass is 10.2. The first-order valence-corrected chi connectivity index (χ1v) is 9.58. The minimum Gasteiger partial charge on any atom is -0.507 e. The zero-order valence-corrected chi connectivity index (χ0v) is 17.0. The average molecular weight is 458 g/mol. The van der Waals surface area contributed by atoms with Crippen LogP contribution < -0.4 is 11.2 Å². The van der Waals surface area contributed by atoms with E-state index in [0.717, 1.165) is 29.1 Å². The fourth-order valence-electron chi connectivity index (χ4n) is 3.08. The number of carbonyl (C=O) groups is 1. The summed E-state index contributed by atoms with van der Waals surface area (Å²) < 4.78 is 11.0. The van der Waals surface area contributed by atoms with Gasteiger partial charge in [-0.2, -0.15) is 9.78 Å². The maximum Gasteiger partial charge on any atom is 0.292 e. The van der Waals surface area contributed by atoms with Crippen molar-refractivity contribution >= 4 is 23.6 Å². The molecule has 0 saturated carbocycles. The first-order chi connectivity index (χ1) is 15.9. The molecule has 33 heavy (non-hydrogen) atoms. The van der Waals surface area contributed by atoms with E-state index in [1.807, 2.05) is 4.90 Å². The molecule has 1 amide bonds. The monoisotopic (exact) mass is 458 g/mol. The van der Waals surface area contributed by atoms with Gasteiger partial charge in [-0.05, 0) is 16.4 Å². The highest BCUT2D eigenvalue weighted by atomic mass is 16.6. The molecule has 4 rings (SSSR count). The highest BCUT2D eigenvalue weighted by Crippen LogP contribution is 2.21. The molecule has 2 aromatic heterocycles. The number of non-ortho nitro benzene ring substituents is 1. The van der Waals surface area contributed by atoms with E-state index < -0.39 is 10.8 Å². The maximum absolute atomic E-state index is 13.0. The van der Waals surface area contributed by atoms with Crippen LogP contribution in [-0.4, -0.2) is 78.7 Å². The topological polar surface area (TPSA) is 213 Å². The number of nitrogens with one attached hydrogen (secondary N) is 1. The van der Waals surface area contributed by atoms with Gasteiger partial charge in [0.15, 0.2) is 5.69 Å². The molecule has 0 bridgehead atoms. The predicted octanol–water partition coefficient (Wildman–Crippen LogP) is -0.558. The number of nitrogens with zero attached hydrogens (tertiary/aromatic N) is 8. The lowest BCUT2D eigenvalue weighted by Gasteiger charge is -2.25. The number of rotatable bonds is 7. The molecule has 1 saturated heterocycles. The summed E-state index contributed by atoms with van der Waals surface area (Å²) in [6, 6.07) is 3.41. The third kappa shape index (κ3) is 4.75. The van der Waals surface area contributed by atoms with Crippen LogP contribution in [0.1, 0.15) is 21.7 Å². The Hall–Kier alpha value is -4.44. The lowest BCUT2D eigenvalue weighted by Crippen LogP contribution is -2.36. The molecule has 0 aliphatic carbocycles. The summed E-state index contributed by atoms with van der Waals surface area (Å²) in [5.41, 5.74) is 8.14. The first-order valence-electron chi connectivity index (χ1n) is 9.58. The van der Waals surface area contributed by atoms with E-state index in [2.05, 4.69) is 35.8 Å². The van der Waals surface area contributed by atoms with Crippen molar-refractivity contribution in [3.63, 3.8) is 0 Å². The predicted molar refractivity (Wildman–Crippen MR) is 110 cm³/mol. The lowest BCUT2D eigenvalue weighted by molar-refractivity contribution is -0.384. The Morgan fingerprint density at radius 3 is 2.85 bits per heavy atom. The summed E-state index contributed by atoms with van der Waals surface area (Å²) in [5, 5.41) is 39.8. The average Bonchev–Trinajstić information content (AvgIpc) is 3.41. The molecule has 4 N–H and O–H groups in total. The van der Waals surface area contributed by atoms with E-state index in [9.17, 15) is 20.0 Å². The highest BCUT2D eigenvalue weighted by Gasteiger charge is 2.26. The molecule has 1 aliphatic rings. The number of carbonyl (C=O) groups excluding carboxylic acids is 1. The number of aromatic hydroxyl groups is 1. The zero-order chi connectivity index (χ0) is 23.4. The van der Waals surface area contributed by atoms with Gasteiger partial charge in [-0.1, -0.05) is 5.21 Å². The molecule has 0 atom stereocenters. The second kappa shape index (κ2) is 9.37. The van der Waals surface area contributed by atoms with E-state index >= 15 is 0 Å². The second-order valence-corrected chi connectivity index (χ2v) is 6.86. The Labute approximate surface area is 184 Å². The van der Waals surface area contributed by atoms with Crippen molar-refractivity contribution in [1.82, 2.24) is 35.6 Å². The number of hydrazone groups is 1. The molecule has 172 valence electrons. The Morgan fingerprint density at radius 1 is 1.36 bits per heavy atom. The summed E-state index contributed by atoms with van der Waals surface area (Å²) in [6.45, 7) is 2.68. The van der Waals surface area contributed by atoms with Gasteiger partial charge in [0.05, 0.1) is 24.4 Å². The number of nitro groups is 1. The molecule has 1 aromatic carbocycles. The van der Waals surface area contributed by atoms with Crippen molar-refractivity contribution < 1.29 is 24.2 Å². The van der Waals surface area contributed by atoms with Crippen LogP contribution in [0.2, 0.25) is 0 Å². The van der Waals surface area contributed by atoms with E-state index in [-0.39, 0.29) is 34.3 Å². The normalized spacial score (nSPS) is 14.5. The number of hydrogen-bond acceptors (Lipinski definition) is 13. The Morgan fingerprint density at radius 2 is 2.15 bits per heavy atom. The number of phenolic OH excluding ortho intramolecular Hbond substituents is 1. The van der Waals surface area contributed by atoms with Gasteiger partial charge in [0, 0.05) is 37.3 Å². The summed E-state index contributed by atoms with van der Waals surface area (Å²) >= 11 is 0. The van der Waals surface area contributed by atoms with Crippen molar-refractivity contribution in [3.05, 3.63) is 45.3 Å². The van der Waals surface area contributed by atoms with E-state index in [1.165, 1.54) is 0 Å².